The number of sulfonamides is 1. The first-order valence-electron chi connectivity index (χ1n) is 10.6. The first kappa shape index (κ1) is 27.2. The molecule has 31 heavy (non-hydrogen) atoms. The molecule has 1 aromatic rings. The van der Waals surface area contributed by atoms with E-state index in [0.29, 0.717) is 37.4 Å². The Labute approximate surface area is 192 Å². The molecule has 0 radical (unpaired) electrons. The average molecular weight is 471 g/mol. The van der Waals surface area contributed by atoms with E-state index >= 15 is 0 Å². The predicted octanol–water partition coefficient (Wildman–Crippen LogP) is 6.04. The van der Waals surface area contributed by atoms with E-state index in [1.54, 1.807) is 30.4 Å². The van der Waals surface area contributed by atoms with E-state index in [1.807, 2.05) is 52.0 Å². The predicted molar refractivity (Wildman–Crippen MR) is 129 cm³/mol. The van der Waals surface area contributed by atoms with Crippen molar-refractivity contribution in [1.29, 1.82) is 0 Å². The summed E-state index contributed by atoms with van der Waals surface area (Å²) < 4.78 is 31.6. The van der Waals surface area contributed by atoms with Gasteiger partial charge in [0.25, 0.3) is 0 Å². The molecule has 174 valence electrons. The van der Waals surface area contributed by atoms with Gasteiger partial charge in [-0.15, -0.1) is 0 Å². The highest BCUT2D eigenvalue weighted by Gasteiger charge is 2.36. The summed E-state index contributed by atoms with van der Waals surface area (Å²) in [6.07, 6.45) is 2.46. The number of carbonyl (C=O) groups is 1. The summed E-state index contributed by atoms with van der Waals surface area (Å²) in [5.74, 6) is 0. The number of benzene rings is 1. The zero-order chi connectivity index (χ0) is 23.6. The molecule has 2 aliphatic rings. The Kier molecular flexibility index (Phi) is 11.3. The van der Waals surface area contributed by atoms with Crippen LogP contribution >= 0.6 is 11.6 Å². The second kappa shape index (κ2) is 12.9. The van der Waals surface area contributed by atoms with Gasteiger partial charge in [0.15, 0.2) is 0 Å². The molecule has 1 amide bonds. The number of allylic oxidation sites excluding steroid dienone is 3. The second-order valence-corrected chi connectivity index (χ2v) is 9.60. The molecule has 6 nitrogen and oxygen atoms in total. The van der Waals surface area contributed by atoms with E-state index in [0.717, 1.165) is 16.8 Å². The fourth-order valence-electron chi connectivity index (χ4n) is 3.21. The van der Waals surface area contributed by atoms with Gasteiger partial charge < -0.3 is 4.74 Å². The van der Waals surface area contributed by atoms with E-state index in [1.165, 1.54) is 4.31 Å². The molecule has 0 aliphatic carbocycles. The third-order valence-electron chi connectivity index (χ3n) is 4.96. The molecule has 2 aliphatic heterocycles. The molecule has 2 heterocycles. The number of cyclic esters (lactones) is 1. The Bertz CT molecular complexity index is 885. The number of anilines is 1. The number of fused-ring (bicyclic) bond motifs is 1. The van der Waals surface area contributed by atoms with E-state index in [-0.39, 0.29) is 12.1 Å². The summed E-state index contributed by atoms with van der Waals surface area (Å²) >= 11 is 5.17. The molecule has 8 heteroatoms. The smallest absolute Gasteiger partial charge is 0.414 e. The van der Waals surface area contributed by atoms with Crippen LogP contribution in [0.1, 0.15) is 59.9 Å². The van der Waals surface area contributed by atoms with Crippen molar-refractivity contribution in [3.63, 3.8) is 0 Å². The number of amides is 1. The summed E-state index contributed by atoms with van der Waals surface area (Å²) in [6.45, 7) is 12.3. The highest BCUT2D eigenvalue weighted by molar-refractivity contribution is 7.93. The van der Waals surface area contributed by atoms with Crippen LogP contribution in [0.3, 0.4) is 0 Å². The number of nitrogens with zero attached hydrogens (tertiary/aromatic N) is 2. The molecule has 1 saturated heterocycles. The average Bonchev–Trinajstić information content (AvgIpc) is 2.80. The monoisotopic (exact) mass is 470 g/mol. The molecule has 0 aromatic heterocycles. The lowest BCUT2D eigenvalue weighted by atomic mass is 10.0. The number of halogens is 1. The summed E-state index contributed by atoms with van der Waals surface area (Å²) in [5, 5.41) is 0. The number of ether oxygens (including phenoxy) is 1. The minimum atomic E-state index is -3.38. The third-order valence-corrected chi connectivity index (χ3v) is 7.49. The lowest BCUT2D eigenvalue weighted by Crippen LogP contribution is -2.50. The van der Waals surface area contributed by atoms with Crippen molar-refractivity contribution >= 4 is 33.4 Å². The number of piperidine rings is 1. The number of rotatable bonds is 3. The lowest BCUT2D eigenvalue weighted by Gasteiger charge is -2.39. The van der Waals surface area contributed by atoms with Crippen LogP contribution in [-0.2, 0) is 21.4 Å². The van der Waals surface area contributed by atoms with Crippen molar-refractivity contribution < 1.29 is 17.9 Å². The SMILES string of the molecule is C/C=C(\C)S(=O)(=O)N1CCC(N2C(=O)OCc3ccccc32)CC1.CC.CC(C)=CCl. The summed E-state index contributed by atoms with van der Waals surface area (Å²) in [4.78, 5) is 14.3. The van der Waals surface area contributed by atoms with Crippen molar-refractivity contribution in [2.24, 2.45) is 0 Å². The molecule has 0 atom stereocenters. The van der Waals surface area contributed by atoms with Crippen LogP contribution in [0, 0.1) is 0 Å². The Hall–Kier alpha value is -1.83. The normalized spacial score (nSPS) is 17.3. The first-order valence-corrected chi connectivity index (χ1v) is 12.5. The standard InChI is InChI=1S/C17H22N2O4S.C4H7Cl.C2H6/c1-3-13(2)24(21,22)18-10-8-15(9-11-18)19-16-7-5-4-6-14(16)12-23-17(19)20;1-4(2)3-5;1-2/h3-7,15H,8-12H2,1-2H3;3H,1-2H3;1-2H3/b13-3+;;. The third kappa shape index (κ3) is 7.09. The van der Waals surface area contributed by atoms with Crippen LogP contribution in [0.5, 0.6) is 0 Å². The summed E-state index contributed by atoms with van der Waals surface area (Å²) in [5.41, 5.74) is 4.56. The van der Waals surface area contributed by atoms with Crippen molar-refractivity contribution in [1.82, 2.24) is 4.31 Å². The van der Waals surface area contributed by atoms with E-state index in [4.69, 9.17) is 16.3 Å². The molecule has 0 bridgehead atoms. The molecule has 1 fully saturated rings. The topological polar surface area (TPSA) is 66.9 Å². The largest absolute Gasteiger partial charge is 0.444 e. The van der Waals surface area contributed by atoms with Crippen molar-refractivity contribution in [2.75, 3.05) is 18.0 Å². The minimum absolute atomic E-state index is 0.0451. The number of hydrogen-bond acceptors (Lipinski definition) is 4. The van der Waals surface area contributed by atoms with Gasteiger partial charge in [0.1, 0.15) is 6.61 Å². The second-order valence-electron chi connectivity index (χ2n) is 7.27. The van der Waals surface area contributed by atoms with Crippen LogP contribution in [0.4, 0.5) is 10.5 Å². The van der Waals surface area contributed by atoms with Crippen LogP contribution < -0.4 is 4.90 Å². The quantitative estimate of drug-likeness (QED) is 0.540. The van der Waals surface area contributed by atoms with Crippen LogP contribution in [0.25, 0.3) is 0 Å². The summed E-state index contributed by atoms with van der Waals surface area (Å²) in [7, 11) is -3.38. The first-order chi connectivity index (χ1) is 14.7. The van der Waals surface area contributed by atoms with Crippen molar-refractivity contribution in [2.45, 2.75) is 67.0 Å². The van der Waals surface area contributed by atoms with E-state index < -0.39 is 10.0 Å². The molecular weight excluding hydrogens is 436 g/mol. The van der Waals surface area contributed by atoms with Gasteiger partial charge in [-0.2, -0.15) is 4.31 Å². The fourth-order valence-corrected chi connectivity index (χ4v) is 4.61. The van der Waals surface area contributed by atoms with Crippen LogP contribution in [0.15, 0.2) is 46.4 Å². The van der Waals surface area contributed by atoms with Gasteiger partial charge in [-0.25, -0.2) is 13.2 Å². The zero-order valence-electron chi connectivity index (χ0n) is 19.4. The highest BCUT2D eigenvalue weighted by Crippen LogP contribution is 2.32. The molecule has 3 rings (SSSR count). The van der Waals surface area contributed by atoms with Crippen LogP contribution in [0.2, 0.25) is 0 Å². The number of hydrogen-bond donors (Lipinski definition) is 0. The Balaban J connectivity index is 0.000000605. The van der Waals surface area contributed by atoms with Gasteiger partial charge in [0.2, 0.25) is 10.0 Å². The number of para-hydroxylation sites is 1. The lowest BCUT2D eigenvalue weighted by molar-refractivity contribution is 0.136. The summed E-state index contributed by atoms with van der Waals surface area (Å²) in [6, 6.07) is 7.65. The Morgan fingerprint density at radius 3 is 2.19 bits per heavy atom. The van der Waals surface area contributed by atoms with Gasteiger partial charge in [-0.05, 0) is 46.6 Å². The molecule has 0 saturated carbocycles. The van der Waals surface area contributed by atoms with Crippen LogP contribution in [-0.4, -0.2) is 37.9 Å². The highest BCUT2D eigenvalue weighted by atomic mass is 35.5. The van der Waals surface area contributed by atoms with Gasteiger partial charge >= 0.3 is 6.09 Å². The number of carbonyl (C=O) groups excluding carboxylic acids is 1. The minimum Gasteiger partial charge on any atom is -0.444 e. The maximum atomic E-state index is 12.4. The van der Waals surface area contributed by atoms with Gasteiger partial charge in [-0.3, -0.25) is 4.90 Å². The fraction of sp³-hybridized carbons (Fsp3) is 0.522. The maximum absolute atomic E-state index is 12.4. The maximum Gasteiger partial charge on any atom is 0.414 e. The van der Waals surface area contributed by atoms with E-state index in [9.17, 15) is 13.2 Å². The Morgan fingerprint density at radius 1 is 1.13 bits per heavy atom. The van der Waals surface area contributed by atoms with E-state index in [2.05, 4.69) is 0 Å². The molecule has 0 N–H and O–H groups in total. The van der Waals surface area contributed by atoms with Gasteiger partial charge in [-0.1, -0.05) is 55.3 Å². The van der Waals surface area contributed by atoms with Crippen molar-refractivity contribution in [3.8, 4) is 0 Å². The molecule has 0 spiro atoms. The Morgan fingerprint density at radius 2 is 1.68 bits per heavy atom. The molecular formula is C23H35ClN2O4S. The zero-order valence-corrected chi connectivity index (χ0v) is 21.0. The van der Waals surface area contributed by atoms with Crippen molar-refractivity contribution in [3.05, 3.63) is 51.9 Å². The molecule has 0 unspecified atom stereocenters. The molecule has 1 aromatic carbocycles. The van der Waals surface area contributed by atoms with Gasteiger partial charge in [0.05, 0.1) is 10.6 Å². The van der Waals surface area contributed by atoms with Gasteiger partial charge in [0, 0.05) is 30.2 Å².